The molecule has 0 amide bonds. The van der Waals surface area contributed by atoms with Gasteiger partial charge in [0.1, 0.15) is 0 Å². The molecule has 0 bridgehead atoms. The Kier molecular flexibility index (Phi) is 4.85. The predicted octanol–water partition coefficient (Wildman–Crippen LogP) is 0.866. The van der Waals surface area contributed by atoms with Crippen LogP contribution >= 0.6 is 0 Å². The Morgan fingerprint density at radius 1 is 1.43 bits per heavy atom. The Morgan fingerprint density at radius 3 is 2.57 bits per heavy atom. The summed E-state index contributed by atoms with van der Waals surface area (Å²) in [7, 11) is 0. The van der Waals surface area contributed by atoms with Crippen molar-refractivity contribution in [2.45, 2.75) is 44.6 Å². The van der Waals surface area contributed by atoms with Crippen LogP contribution in [0.5, 0.6) is 0 Å². The minimum Gasteiger partial charge on any atom is -0.396 e. The number of nitrogens with one attached hydrogen (secondary N) is 1. The first-order valence-corrected chi connectivity index (χ1v) is 5.85. The Balaban J connectivity index is 2.27. The van der Waals surface area contributed by atoms with Gasteiger partial charge >= 0.3 is 0 Å². The largest absolute Gasteiger partial charge is 0.396 e. The molecule has 0 aliphatic heterocycles. The molecule has 1 aliphatic carbocycles. The summed E-state index contributed by atoms with van der Waals surface area (Å²) in [5.74, 6) is 0.798. The number of unbranched alkanes of at least 4 members (excludes halogenated alkanes) is 1. The van der Waals surface area contributed by atoms with Crippen molar-refractivity contribution in [2.24, 2.45) is 11.7 Å². The summed E-state index contributed by atoms with van der Waals surface area (Å²) < 4.78 is 0. The molecule has 0 spiro atoms. The molecular weight excluding hydrogens is 176 g/mol. The van der Waals surface area contributed by atoms with Gasteiger partial charge < -0.3 is 16.2 Å². The van der Waals surface area contributed by atoms with Gasteiger partial charge in [-0.15, -0.1) is 0 Å². The van der Waals surface area contributed by atoms with Crippen LogP contribution in [-0.2, 0) is 0 Å². The van der Waals surface area contributed by atoms with E-state index in [2.05, 4.69) is 12.2 Å². The van der Waals surface area contributed by atoms with Crippen LogP contribution in [0.25, 0.3) is 0 Å². The van der Waals surface area contributed by atoms with Gasteiger partial charge in [0.05, 0.1) is 0 Å². The molecule has 0 aromatic heterocycles. The molecule has 0 saturated heterocycles. The van der Waals surface area contributed by atoms with Gasteiger partial charge in [0.2, 0.25) is 0 Å². The second-order valence-corrected chi connectivity index (χ2v) is 4.35. The molecule has 1 fully saturated rings. The van der Waals surface area contributed by atoms with Crippen LogP contribution in [0.1, 0.15) is 39.0 Å². The van der Waals surface area contributed by atoms with Crippen molar-refractivity contribution in [3.63, 3.8) is 0 Å². The lowest BCUT2D eigenvalue weighted by Gasteiger charge is -2.33. The third kappa shape index (κ3) is 2.94. The first-order chi connectivity index (χ1) is 6.79. The molecule has 1 rings (SSSR count). The Labute approximate surface area is 87.1 Å². The molecule has 4 N–H and O–H groups in total. The minimum absolute atomic E-state index is 0.190. The van der Waals surface area contributed by atoms with Crippen molar-refractivity contribution >= 4 is 0 Å². The second kappa shape index (κ2) is 5.69. The molecule has 1 unspecified atom stereocenters. The maximum Gasteiger partial charge on any atom is 0.0431 e. The summed E-state index contributed by atoms with van der Waals surface area (Å²) in [5, 5.41) is 12.3. The molecule has 84 valence electrons. The van der Waals surface area contributed by atoms with E-state index in [1.165, 1.54) is 12.8 Å². The standard InChI is InChI=1S/C11H24N2O/c1-2-11(9-12,10-5-6-10)13-7-3-4-8-14/h10,13-14H,2-9,12H2,1H3. The molecule has 3 nitrogen and oxygen atoms in total. The van der Waals surface area contributed by atoms with E-state index >= 15 is 0 Å². The molecule has 0 heterocycles. The van der Waals surface area contributed by atoms with Crippen molar-refractivity contribution in [1.82, 2.24) is 5.32 Å². The lowest BCUT2D eigenvalue weighted by Crippen LogP contribution is -2.53. The number of aliphatic hydroxyl groups is 1. The maximum atomic E-state index is 8.68. The van der Waals surface area contributed by atoms with Gasteiger partial charge in [0.25, 0.3) is 0 Å². The predicted molar refractivity (Wildman–Crippen MR) is 59.1 cm³/mol. The van der Waals surface area contributed by atoms with Gasteiger partial charge in [-0.2, -0.15) is 0 Å². The molecular formula is C11H24N2O. The quantitative estimate of drug-likeness (QED) is 0.509. The van der Waals surface area contributed by atoms with Gasteiger partial charge in [-0.3, -0.25) is 0 Å². The molecule has 14 heavy (non-hydrogen) atoms. The zero-order valence-corrected chi connectivity index (χ0v) is 9.26. The smallest absolute Gasteiger partial charge is 0.0431 e. The van der Waals surface area contributed by atoms with E-state index in [1.54, 1.807) is 0 Å². The Hall–Kier alpha value is -0.120. The zero-order valence-electron chi connectivity index (χ0n) is 9.26. The minimum atomic E-state index is 0.190. The zero-order chi connectivity index (χ0) is 10.4. The monoisotopic (exact) mass is 200 g/mol. The summed E-state index contributed by atoms with van der Waals surface area (Å²) in [4.78, 5) is 0. The van der Waals surface area contributed by atoms with Crippen LogP contribution in [0, 0.1) is 5.92 Å². The summed E-state index contributed by atoms with van der Waals surface area (Å²) in [6.45, 7) is 4.24. The van der Waals surface area contributed by atoms with Gasteiger partial charge in [-0.1, -0.05) is 6.92 Å². The normalized spacial score (nSPS) is 20.8. The Morgan fingerprint density at radius 2 is 2.14 bits per heavy atom. The summed E-state index contributed by atoms with van der Waals surface area (Å²) in [6, 6.07) is 0. The van der Waals surface area contributed by atoms with Gasteiger partial charge in [-0.25, -0.2) is 0 Å². The third-order valence-electron chi connectivity index (χ3n) is 3.42. The number of nitrogens with two attached hydrogens (primary N) is 1. The first-order valence-electron chi connectivity index (χ1n) is 5.85. The first kappa shape index (κ1) is 12.0. The van der Waals surface area contributed by atoms with Gasteiger partial charge in [0, 0.05) is 18.7 Å². The van der Waals surface area contributed by atoms with Crippen LogP contribution in [0.2, 0.25) is 0 Å². The van der Waals surface area contributed by atoms with Crippen molar-refractivity contribution in [3.05, 3.63) is 0 Å². The SMILES string of the molecule is CCC(CN)(NCCCCO)C1CC1. The molecule has 1 atom stereocenters. The fourth-order valence-corrected chi connectivity index (χ4v) is 2.15. The van der Waals surface area contributed by atoms with Crippen LogP contribution in [0.3, 0.4) is 0 Å². The molecule has 0 radical (unpaired) electrons. The van der Waals surface area contributed by atoms with E-state index in [1.807, 2.05) is 0 Å². The van der Waals surface area contributed by atoms with Crippen molar-refractivity contribution in [2.75, 3.05) is 19.7 Å². The highest BCUT2D eigenvalue weighted by Crippen LogP contribution is 2.40. The number of hydrogen-bond acceptors (Lipinski definition) is 3. The highest BCUT2D eigenvalue weighted by atomic mass is 16.2. The molecule has 0 aromatic rings. The highest BCUT2D eigenvalue weighted by molar-refractivity contribution is 5.00. The van der Waals surface area contributed by atoms with Crippen molar-refractivity contribution < 1.29 is 5.11 Å². The third-order valence-corrected chi connectivity index (χ3v) is 3.42. The van der Waals surface area contributed by atoms with E-state index in [0.29, 0.717) is 6.61 Å². The van der Waals surface area contributed by atoms with Crippen LogP contribution in [-0.4, -0.2) is 30.3 Å². The molecule has 0 aromatic carbocycles. The lowest BCUT2D eigenvalue weighted by molar-refractivity contribution is 0.258. The number of rotatable bonds is 8. The van der Waals surface area contributed by atoms with Crippen LogP contribution in [0.15, 0.2) is 0 Å². The molecule has 1 aliphatic rings. The van der Waals surface area contributed by atoms with Gasteiger partial charge in [0.15, 0.2) is 0 Å². The Bertz CT molecular complexity index is 153. The molecule has 1 saturated carbocycles. The molecule has 3 heteroatoms. The summed E-state index contributed by atoms with van der Waals surface area (Å²) in [6.07, 6.45) is 5.72. The van der Waals surface area contributed by atoms with Crippen molar-refractivity contribution in [3.8, 4) is 0 Å². The summed E-state index contributed by atoms with van der Waals surface area (Å²) >= 11 is 0. The van der Waals surface area contributed by atoms with Gasteiger partial charge in [-0.05, 0) is 44.6 Å². The second-order valence-electron chi connectivity index (χ2n) is 4.35. The maximum absolute atomic E-state index is 8.68. The average Bonchev–Trinajstić information content (AvgIpc) is 3.03. The fraction of sp³-hybridized carbons (Fsp3) is 1.00. The topological polar surface area (TPSA) is 58.3 Å². The van der Waals surface area contributed by atoms with Crippen LogP contribution < -0.4 is 11.1 Å². The number of aliphatic hydroxyl groups excluding tert-OH is 1. The van der Waals surface area contributed by atoms with E-state index in [-0.39, 0.29) is 5.54 Å². The lowest BCUT2D eigenvalue weighted by atomic mass is 9.90. The fourth-order valence-electron chi connectivity index (χ4n) is 2.15. The van der Waals surface area contributed by atoms with E-state index < -0.39 is 0 Å². The van der Waals surface area contributed by atoms with E-state index in [4.69, 9.17) is 10.8 Å². The highest BCUT2D eigenvalue weighted by Gasteiger charge is 2.42. The summed E-state index contributed by atoms with van der Waals surface area (Å²) in [5.41, 5.74) is 6.05. The van der Waals surface area contributed by atoms with E-state index in [0.717, 1.165) is 38.3 Å². The van der Waals surface area contributed by atoms with E-state index in [9.17, 15) is 0 Å². The van der Waals surface area contributed by atoms with Crippen LogP contribution in [0.4, 0.5) is 0 Å². The number of hydrogen-bond donors (Lipinski definition) is 3. The van der Waals surface area contributed by atoms with Crippen molar-refractivity contribution in [1.29, 1.82) is 0 Å². The average molecular weight is 200 g/mol.